The number of carbonyl (C=O) groups excluding carboxylic acids is 1. The fourth-order valence-corrected chi connectivity index (χ4v) is 2.24. The molecule has 0 radical (unpaired) electrons. The Hall–Kier alpha value is -1.93. The lowest BCUT2D eigenvalue weighted by Crippen LogP contribution is -2.04. The van der Waals surface area contributed by atoms with Gasteiger partial charge >= 0.3 is 0 Å². The fraction of sp³-hybridized carbons (Fsp3) is 0.0588. The number of nitriles is 1. The SMILES string of the molecule is C/C(=C(\C#N)C(=O)c1ccccc1)c1ccc(I)cc1. The van der Waals surface area contributed by atoms with E-state index < -0.39 is 0 Å². The summed E-state index contributed by atoms with van der Waals surface area (Å²) in [4.78, 5) is 12.4. The van der Waals surface area contributed by atoms with Crippen LogP contribution in [-0.2, 0) is 0 Å². The Kier molecular flexibility index (Phi) is 4.70. The highest BCUT2D eigenvalue weighted by atomic mass is 127. The molecule has 0 aliphatic heterocycles. The third-order valence-electron chi connectivity index (χ3n) is 3.03. The molecular weight excluding hydrogens is 361 g/mol. The van der Waals surface area contributed by atoms with Crippen LogP contribution in [0.25, 0.3) is 5.57 Å². The first-order chi connectivity index (χ1) is 9.63. The minimum absolute atomic E-state index is 0.192. The number of halogens is 1. The predicted molar refractivity (Wildman–Crippen MR) is 88.1 cm³/mol. The van der Waals surface area contributed by atoms with Crippen LogP contribution in [0.3, 0.4) is 0 Å². The van der Waals surface area contributed by atoms with Gasteiger partial charge in [0.05, 0.1) is 0 Å². The average molecular weight is 373 g/mol. The molecule has 0 amide bonds. The van der Waals surface area contributed by atoms with Crippen molar-refractivity contribution in [3.63, 3.8) is 0 Å². The van der Waals surface area contributed by atoms with E-state index in [1.807, 2.05) is 43.3 Å². The zero-order valence-electron chi connectivity index (χ0n) is 10.9. The molecule has 0 heterocycles. The van der Waals surface area contributed by atoms with E-state index in [1.54, 1.807) is 24.3 Å². The van der Waals surface area contributed by atoms with E-state index in [1.165, 1.54) is 0 Å². The molecule has 0 aliphatic carbocycles. The molecule has 0 spiro atoms. The first kappa shape index (κ1) is 14.5. The van der Waals surface area contributed by atoms with Crippen LogP contribution < -0.4 is 0 Å². The van der Waals surface area contributed by atoms with E-state index in [-0.39, 0.29) is 11.4 Å². The molecule has 0 aliphatic rings. The maximum Gasteiger partial charge on any atom is 0.203 e. The Balaban J connectivity index is 2.46. The van der Waals surface area contributed by atoms with E-state index >= 15 is 0 Å². The van der Waals surface area contributed by atoms with Crippen LogP contribution in [-0.4, -0.2) is 5.78 Å². The second-order valence-corrected chi connectivity index (χ2v) is 5.56. The zero-order valence-corrected chi connectivity index (χ0v) is 13.1. The molecule has 20 heavy (non-hydrogen) atoms. The lowest BCUT2D eigenvalue weighted by Gasteiger charge is -2.06. The number of carbonyl (C=O) groups is 1. The van der Waals surface area contributed by atoms with Crippen molar-refractivity contribution >= 4 is 33.9 Å². The van der Waals surface area contributed by atoms with Crippen molar-refractivity contribution in [2.24, 2.45) is 0 Å². The van der Waals surface area contributed by atoms with Crippen LogP contribution in [0.15, 0.2) is 60.2 Å². The van der Waals surface area contributed by atoms with Gasteiger partial charge in [-0.15, -0.1) is 0 Å². The van der Waals surface area contributed by atoms with Crippen molar-refractivity contribution < 1.29 is 4.79 Å². The molecule has 2 aromatic carbocycles. The van der Waals surface area contributed by atoms with Gasteiger partial charge in [0.15, 0.2) is 0 Å². The monoisotopic (exact) mass is 373 g/mol. The van der Waals surface area contributed by atoms with Crippen LogP contribution in [0, 0.1) is 14.9 Å². The number of benzene rings is 2. The standard InChI is InChI=1S/C17H12INO/c1-12(13-7-9-15(18)10-8-13)16(11-19)17(20)14-5-3-2-4-6-14/h2-10H,1H3/b16-12-. The van der Waals surface area contributed by atoms with Gasteiger partial charge in [-0.3, -0.25) is 4.79 Å². The Labute approximate surface area is 131 Å². The molecule has 0 bridgehead atoms. The summed E-state index contributed by atoms with van der Waals surface area (Å²) < 4.78 is 1.12. The molecule has 0 unspecified atom stereocenters. The van der Waals surface area contributed by atoms with Crippen molar-refractivity contribution in [3.05, 3.63) is 74.9 Å². The van der Waals surface area contributed by atoms with Gasteiger partial charge in [-0.05, 0) is 52.8 Å². The molecule has 0 saturated carbocycles. The third kappa shape index (κ3) is 3.14. The van der Waals surface area contributed by atoms with E-state index in [2.05, 4.69) is 22.6 Å². The smallest absolute Gasteiger partial charge is 0.203 e. The van der Waals surface area contributed by atoms with Crippen molar-refractivity contribution in [2.75, 3.05) is 0 Å². The zero-order chi connectivity index (χ0) is 14.5. The summed E-state index contributed by atoms with van der Waals surface area (Å²) in [6, 6.07) is 18.7. The topological polar surface area (TPSA) is 40.9 Å². The number of allylic oxidation sites excluding steroid dienone is 2. The van der Waals surface area contributed by atoms with Gasteiger partial charge in [-0.25, -0.2) is 0 Å². The molecule has 0 fully saturated rings. The Morgan fingerprint density at radius 2 is 1.60 bits per heavy atom. The summed E-state index contributed by atoms with van der Waals surface area (Å²) in [6.45, 7) is 1.81. The van der Waals surface area contributed by atoms with Crippen LogP contribution >= 0.6 is 22.6 Å². The number of hydrogen-bond acceptors (Lipinski definition) is 2. The largest absolute Gasteiger partial charge is 0.288 e. The highest BCUT2D eigenvalue weighted by Gasteiger charge is 2.15. The maximum absolute atomic E-state index is 12.4. The maximum atomic E-state index is 12.4. The quantitative estimate of drug-likeness (QED) is 0.345. The molecule has 0 N–H and O–H groups in total. The predicted octanol–water partition coefficient (Wildman–Crippen LogP) is 4.47. The van der Waals surface area contributed by atoms with Gasteiger partial charge in [-0.1, -0.05) is 42.5 Å². The van der Waals surface area contributed by atoms with Crippen molar-refractivity contribution in [1.29, 1.82) is 5.26 Å². The number of rotatable bonds is 3. The highest BCUT2D eigenvalue weighted by molar-refractivity contribution is 14.1. The Morgan fingerprint density at radius 1 is 1.00 bits per heavy atom. The summed E-state index contributed by atoms with van der Waals surface area (Å²) in [6.07, 6.45) is 0. The van der Waals surface area contributed by atoms with E-state index in [0.29, 0.717) is 11.1 Å². The molecule has 3 heteroatoms. The summed E-state index contributed by atoms with van der Waals surface area (Å²) in [7, 11) is 0. The van der Waals surface area contributed by atoms with Gasteiger partial charge in [0.1, 0.15) is 11.6 Å². The van der Waals surface area contributed by atoms with Gasteiger partial charge in [0.25, 0.3) is 0 Å². The average Bonchev–Trinajstić information content (AvgIpc) is 2.49. The van der Waals surface area contributed by atoms with Gasteiger partial charge in [0, 0.05) is 9.13 Å². The van der Waals surface area contributed by atoms with Crippen LogP contribution in [0.4, 0.5) is 0 Å². The van der Waals surface area contributed by atoms with Crippen molar-refractivity contribution in [1.82, 2.24) is 0 Å². The summed E-state index contributed by atoms with van der Waals surface area (Å²) in [5.41, 5.74) is 2.33. The Morgan fingerprint density at radius 3 is 2.15 bits per heavy atom. The van der Waals surface area contributed by atoms with E-state index in [0.717, 1.165) is 9.13 Å². The molecular formula is C17H12INO. The van der Waals surface area contributed by atoms with Crippen molar-refractivity contribution in [2.45, 2.75) is 6.92 Å². The third-order valence-corrected chi connectivity index (χ3v) is 3.75. The molecule has 2 aromatic rings. The molecule has 0 saturated heterocycles. The molecule has 2 nitrogen and oxygen atoms in total. The fourth-order valence-electron chi connectivity index (χ4n) is 1.88. The minimum Gasteiger partial charge on any atom is -0.288 e. The Bertz CT molecular complexity index is 694. The van der Waals surface area contributed by atoms with Gasteiger partial charge < -0.3 is 0 Å². The lowest BCUT2D eigenvalue weighted by molar-refractivity contribution is 0.103. The van der Waals surface area contributed by atoms with E-state index in [4.69, 9.17) is 0 Å². The number of hydrogen-bond donors (Lipinski definition) is 0. The lowest BCUT2D eigenvalue weighted by atomic mass is 9.96. The van der Waals surface area contributed by atoms with Crippen molar-refractivity contribution in [3.8, 4) is 6.07 Å². The molecule has 98 valence electrons. The van der Waals surface area contributed by atoms with Crippen LogP contribution in [0.2, 0.25) is 0 Å². The summed E-state index contributed by atoms with van der Waals surface area (Å²) in [5.74, 6) is -0.232. The van der Waals surface area contributed by atoms with Crippen LogP contribution in [0.1, 0.15) is 22.8 Å². The molecule has 2 rings (SSSR count). The normalized spacial score (nSPS) is 11.4. The van der Waals surface area contributed by atoms with Crippen LogP contribution in [0.5, 0.6) is 0 Å². The molecule has 0 aromatic heterocycles. The van der Waals surface area contributed by atoms with E-state index in [9.17, 15) is 10.1 Å². The van der Waals surface area contributed by atoms with Gasteiger partial charge in [-0.2, -0.15) is 5.26 Å². The minimum atomic E-state index is -0.232. The second kappa shape index (κ2) is 6.49. The summed E-state index contributed by atoms with van der Waals surface area (Å²) in [5, 5.41) is 9.31. The second-order valence-electron chi connectivity index (χ2n) is 4.31. The first-order valence-corrected chi connectivity index (χ1v) is 7.18. The number of ketones is 1. The number of Topliss-reactive ketones (excluding diaryl/α,β-unsaturated/α-hetero) is 1. The number of nitrogens with zero attached hydrogens (tertiary/aromatic N) is 1. The first-order valence-electron chi connectivity index (χ1n) is 6.10. The van der Waals surface area contributed by atoms with Gasteiger partial charge in [0.2, 0.25) is 5.78 Å². The highest BCUT2D eigenvalue weighted by Crippen LogP contribution is 2.22. The molecule has 0 atom stereocenters. The summed E-state index contributed by atoms with van der Waals surface area (Å²) >= 11 is 2.22.